The Morgan fingerprint density at radius 2 is 1.70 bits per heavy atom. The van der Waals surface area contributed by atoms with Crippen LogP contribution in [0.5, 0.6) is 0 Å². The first-order valence-electron chi connectivity index (χ1n) is 11.7. The molecule has 0 bridgehead atoms. The number of aromatic nitrogens is 1. The summed E-state index contributed by atoms with van der Waals surface area (Å²) >= 11 is 0. The fraction of sp³-hybridized carbons (Fsp3) is 0.259. The number of carboxylic acids is 1. The molecule has 1 atom stereocenters. The second-order valence-electron chi connectivity index (χ2n) is 8.23. The molecular formula is C27H30FN4NaO4. The van der Waals surface area contributed by atoms with Crippen LogP contribution in [0.15, 0.2) is 72.9 Å². The van der Waals surface area contributed by atoms with Crippen LogP contribution in [-0.2, 0) is 14.4 Å². The van der Waals surface area contributed by atoms with E-state index in [4.69, 9.17) is 0 Å². The Labute approximate surface area is 237 Å². The Bertz CT molecular complexity index is 1160. The summed E-state index contributed by atoms with van der Waals surface area (Å²) in [5, 5.41) is 17.7. The molecule has 3 rings (SSSR count). The minimum atomic E-state index is -1.07. The van der Waals surface area contributed by atoms with Crippen molar-refractivity contribution in [1.29, 1.82) is 0 Å². The maximum atomic E-state index is 13.5. The van der Waals surface area contributed by atoms with E-state index >= 15 is 0 Å². The maximum absolute atomic E-state index is 13.5. The molecule has 0 aliphatic carbocycles. The molecular weight excluding hydrogens is 486 g/mol. The van der Waals surface area contributed by atoms with Gasteiger partial charge in [0.15, 0.2) is 0 Å². The molecule has 0 saturated carbocycles. The van der Waals surface area contributed by atoms with Gasteiger partial charge in [-0.15, -0.1) is 0 Å². The molecule has 2 amide bonds. The number of hydrogen-bond donors (Lipinski definition) is 4. The van der Waals surface area contributed by atoms with Crippen molar-refractivity contribution in [3.63, 3.8) is 0 Å². The zero-order valence-corrected chi connectivity index (χ0v) is 19.7. The Hall–Kier alpha value is -3.27. The van der Waals surface area contributed by atoms with E-state index in [-0.39, 0.29) is 60.7 Å². The van der Waals surface area contributed by atoms with E-state index in [1.54, 1.807) is 42.6 Å². The zero-order chi connectivity index (χ0) is 25.8. The molecule has 2 aromatic carbocycles. The summed E-state index contributed by atoms with van der Waals surface area (Å²) in [4.78, 5) is 40.0. The van der Waals surface area contributed by atoms with Crippen molar-refractivity contribution in [2.24, 2.45) is 0 Å². The molecule has 4 N–H and O–H groups in total. The molecule has 37 heavy (non-hydrogen) atoms. The number of hydrogen-bond acceptors (Lipinski definition) is 5. The van der Waals surface area contributed by atoms with E-state index < -0.39 is 17.9 Å². The van der Waals surface area contributed by atoms with Gasteiger partial charge in [0, 0.05) is 19.2 Å². The summed E-state index contributed by atoms with van der Waals surface area (Å²) < 4.78 is 13.5. The Balaban J connectivity index is 0.00000481. The normalized spacial score (nSPS) is 11.1. The van der Waals surface area contributed by atoms with Gasteiger partial charge in [-0.05, 0) is 53.8 Å². The summed E-state index contributed by atoms with van der Waals surface area (Å²) in [5.41, 5.74) is 2.05. The van der Waals surface area contributed by atoms with Crippen molar-refractivity contribution < 1.29 is 23.9 Å². The Morgan fingerprint density at radius 1 is 0.919 bits per heavy atom. The number of nitrogens with zero attached hydrogens (tertiary/aromatic N) is 1. The first-order valence-corrected chi connectivity index (χ1v) is 11.7. The third-order valence-corrected chi connectivity index (χ3v) is 5.43. The second kappa shape index (κ2) is 15.8. The van der Waals surface area contributed by atoms with Crippen LogP contribution in [0.3, 0.4) is 0 Å². The predicted octanol–water partition coefficient (Wildman–Crippen LogP) is 3.27. The fourth-order valence-electron chi connectivity index (χ4n) is 3.61. The minimum absolute atomic E-state index is 0. The molecule has 0 fully saturated rings. The molecule has 0 aliphatic heterocycles. The van der Waals surface area contributed by atoms with E-state index in [1.807, 2.05) is 18.2 Å². The van der Waals surface area contributed by atoms with Crippen molar-refractivity contribution in [2.45, 2.75) is 31.7 Å². The molecule has 3 aromatic rings. The molecule has 8 nitrogen and oxygen atoms in total. The van der Waals surface area contributed by atoms with Crippen molar-refractivity contribution in [3.8, 4) is 11.1 Å². The molecule has 0 radical (unpaired) electrons. The van der Waals surface area contributed by atoms with E-state index in [1.165, 1.54) is 12.1 Å². The number of amides is 2. The van der Waals surface area contributed by atoms with Crippen LogP contribution in [0.2, 0.25) is 0 Å². The zero-order valence-electron chi connectivity index (χ0n) is 19.7. The van der Waals surface area contributed by atoms with Gasteiger partial charge in [-0.2, -0.15) is 0 Å². The first-order chi connectivity index (χ1) is 17.4. The average Bonchev–Trinajstić information content (AvgIpc) is 2.87. The van der Waals surface area contributed by atoms with Gasteiger partial charge in [-0.25, -0.2) is 9.37 Å². The SMILES string of the molecule is O=C(O)CC(NC(=O)CNC(=O)CCCCNc1ccccn1)c1ccc(-c2cccc(F)c2)cc1.[NaH]. The van der Waals surface area contributed by atoms with E-state index in [2.05, 4.69) is 20.9 Å². The van der Waals surface area contributed by atoms with Gasteiger partial charge in [0.2, 0.25) is 11.8 Å². The topological polar surface area (TPSA) is 120 Å². The standard InChI is InChI=1S/C27H29FN4O4.Na.H/c28-22-7-5-6-21(16-22)19-10-12-20(13-11-19)23(17-27(35)36)32-26(34)18-31-25(33)9-2-4-15-30-24-8-1-3-14-29-24;;/h1,3,5-8,10-14,16,23H,2,4,9,15,17-18H2,(H,29,30)(H,31,33)(H,32,34)(H,35,36);;. The van der Waals surface area contributed by atoms with Gasteiger partial charge in [0.1, 0.15) is 11.6 Å². The number of carbonyl (C=O) groups is 3. The van der Waals surface area contributed by atoms with Crippen LogP contribution in [0.1, 0.15) is 37.3 Å². The van der Waals surface area contributed by atoms with E-state index in [0.29, 0.717) is 24.1 Å². The van der Waals surface area contributed by atoms with Crippen molar-refractivity contribution in [3.05, 3.63) is 84.3 Å². The van der Waals surface area contributed by atoms with Gasteiger partial charge in [0.25, 0.3) is 0 Å². The van der Waals surface area contributed by atoms with Gasteiger partial charge in [-0.3, -0.25) is 14.4 Å². The van der Waals surface area contributed by atoms with Crippen LogP contribution < -0.4 is 16.0 Å². The second-order valence-corrected chi connectivity index (χ2v) is 8.23. The molecule has 0 saturated heterocycles. The molecule has 0 spiro atoms. The number of pyridine rings is 1. The van der Waals surface area contributed by atoms with Crippen LogP contribution in [0, 0.1) is 5.82 Å². The number of halogens is 1. The summed E-state index contributed by atoms with van der Waals surface area (Å²) in [7, 11) is 0. The summed E-state index contributed by atoms with van der Waals surface area (Å²) in [5.74, 6) is -1.38. The number of carbonyl (C=O) groups excluding carboxylic acids is 2. The summed E-state index contributed by atoms with van der Waals surface area (Å²) in [6, 6.07) is 17.8. The first kappa shape index (κ1) is 30.0. The number of nitrogens with one attached hydrogen (secondary N) is 3. The van der Waals surface area contributed by atoms with Gasteiger partial charge in [0.05, 0.1) is 19.0 Å². The molecule has 190 valence electrons. The third kappa shape index (κ3) is 10.7. The van der Waals surface area contributed by atoms with Crippen LogP contribution in [0.25, 0.3) is 11.1 Å². The number of rotatable bonds is 13. The monoisotopic (exact) mass is 516 g/mol. The average molecular weight is 517 g/mol. The Morgan fingerprint density at radius 3 is 2.38 bits per heavy atom. The number of anilines is 1. The molecule has 1 aromatic heterocycles. The van der Waals surface area contributed by atoms with E-state index in [0.717, 1.165) is 17.8 Å². The number of aliphatic carboxylic acids is 1. The summed E-state index contributed by atoms with van der Waals surface area (Å²) in [6.45, 7) is 0.433. The van der Waals surface area contributed by atoms with Crippen LogP contribution in [-0.4, -0.2) is 70.5 Å². The van der Waals surface area contributed by atoms with Crippen LogP contribution >= 0.6 is 0 Å². The molecule has 0 aliphatic rings. The summed E-state index contributed by atoms with van der Waals surface area (Å²) in [6.07, 6.45) is 3.07. The Kier molecular flexibility index (Phi) is 12.8. The van der Waals surface area contributed by atoms with Gasteiger partial charge in [-0.1, -0.05) is 42.5 Å². The third-order valence-electron chi connectivity index (χ3n) is 5.43. The number of benzene rings is 2. The van der Waals surface area contributed by atoms with Gasteiger partial charge < -0.3 is 21.1 Å². The molecule has 1 heterocycles. The van der Waals surface area contributed by atoms with Crippen LogP contribution in [0.4, 0.5) is 10.2 Å². The number of carboxylic acid groups (broad SMARTS) is 1. The molecule has 1 unspecified atom stereocenters. The van der Waals surface area contributed by atoms with Crippen molar-refractivity contribution >= 4 is 53.2 Å². The van der Waals surface area contributed by atoms with Gasteiger partial charge >= 0.3 is 35.5 Å². The fourth-order valence-corrected chi connectivity index (χ4v) is 3.61. The van der Waals surface area contributed by atoms with Crippen molar-refractivity contribution in [1.82, 2.24) is 15.6 Å². The van der Waals surface area contributed by atoms with E-state index in [9.17, 15) is 23.9 Å². The number of unbranched alkanes of at least 4 members (excludes halogenated alkanes) is 1. The van der Waals surface area contributed by atoms with Crippen molar-refractivity contribution in [2.75, 3.05) is 18.4 Å². The molecule has 10 heteroatoms. The quantitative estimate of drug-likeness (QED) is 0.205. The predicted molar refractivity (Wildman–Crippen MR) is 142 cm³/mol.